The zero-order chi connectivity index (χ0) is 23.4. The Morgan fingerprint density at radius 2 is 1.97 bits per heavy atom. The summed E-state index contributed by atoms with van der Waals surface area (Å²) in [5.41, 5.74) is 6.44. The van der Waals surface area contributed by atoms with Crippen molar-refractivity contribution < 1.29 is 24.2 Å². The smallest absolute Gasteiger partial charge is 0.314 e. The summed E-state index contributed by atoms with van der Waals surface area (Å²) < 4.78 is 4.84. The fraction of sp³-hybridized carbons (Fsp3) is 0.500. The number of carbonyl (C=O) groups is 3. The van der Waals surface area contributed by atoms with E-state index in [2.05, 4.69) is 10.3 Å². The summed E-state index contributed by atoms with van der Waals surface area (Å²) in [5, 5.41) is 13.0. The number of urea groups is 1. The van der Waals surface area contributed by atoms with Crippen molar-refractivity contribution >= 4 is 41.0 Å². The van der Waals surface area contributed by atoms with Gasteiger partial charge in [-0.2, -0.15) is 0 Å². The number of nitrogens with zero attached hydrogens (tertiary/aromatic N) is 4. The number of methoxy groups -OCH3 is 1. The number of primary amides is 1. The van der Waals surface area contributed by atoms with Gasteiger partial charge in [0.25, 0.3) is 0 Å². The number of aliphatic imine (C=N–C) groups is 1. The second kappa shape index (κ2) is 10.2. The van der Waals surface area contributed by atoms with Gasteiger partial charge in [0.2, 0.25) is 18.2 Å². The molecule has 0 spiro atoms. The van der Waals surface area contributed by atoms with Gasteiger partial charge in [0.1, 0.15) is 12.4 Å². The maximum absolute atomic E-state index is 12.9. The zero-order valence-corrected chi connectivity index (χ0v) is 18.7. The molecule has 3 rings (SSSR count). The van der Waals surface area contributed by atoms with Crippen molar-refractivity contribution in [2.24, 2.45) is 10.7 Å². The molecule has 12 heteroatoms. The van der Waals surface area contributed by atoms with Gasteiger partial charge in [0.15, 0.2) is 0 Å². The predicted molar refractivity (Wildman–Crippen MR) is 118 cm³/mol. The number of halogens is 1. The van der Waals surface area contributed by atoms with Gasteiger partial charge >= 0.3 is 6.03 Å². The molecule has 1 aromatic carbocycles. The highest BCUT2D eigenvalue weighted by atomic mass is 35.5. The van der Waals surface area contributed by atoms with Crippen LogP contribution in [0.1, 0.15) is 24.9 Å². The van der Waals surface area contributed by atoms with Crippen LogP contribution in [0.2, 0.25) is 5.02 Å². The van der Waals surface area contributed by atoms with E-state index >= 15 is 0 Å². The van der Waals surface area contributed by atoms with Gasteiger partial charge in [-0.15, -0.1) is 0 Å². The Hall–Kier alpha value is -2.89. The minimum absolute atomic E-state index is 0.0550. The number of nitrogens with one attached hydrogen (secondary N) is 1. The molecule has 2 heterocycles. The molecule has 1 fully saturated rings. The lowest BCUT2D eigenvalue weighted by Gasteiger charge is -2.36. The third-order valence-corrected chi connectivity index (χ3v) is 5.75. The van der Waals surface area contributed by atoms with Gasteiger partial charge in [-0.1, -0.05) is 17.7 Å². The van der Waals surface area contributed by atoms with E-state index in [1.807, 2.05) is 0 Å². The first kappa shape index (κ1) is 23.8. The van der Waals surface area contributed by atoms with Crippen molar-refractivity contribution in [1.29, 1.82) is 0 Å². The standard InChI is InChI=1S/C20H27ClN6O5/c1-12-23-16(14-4-3-13(21)9-15(14)24-20(31)32-2)10-17(28)27(12)11-18(29)25-5-7-26(8-6-25)19(22)30/h3-4,9,16,20,24,31H,5-8,10-11H2,1-2H3,(H2,22,30)/t16-,20?/m0/s1. The number of anilines is 1. The van der Waals surface area contributed by atoms with Crippen LogP contribution in [0.5, 0.6) is 0 Å². The normalized spacial score (nSPS) is 20.1. The Morgan fingerprint density at radius 1 is 1.31 bits per heavy atom. The van der Waals surface area contributed by atoms with Crippen LogP contribution in [0, 0.1) is 0 Å². The van der Waals surface area contributed by atoms with Crippen molar-refractivity contribution in [1.82, 2.24) is 14.7 Å². The zero-order valence-electron chi connectivity index (χ0n) is 18.0. The largest absolute Gasteiger partial charge is 0.351 e. The van der Waals surface area contributed by atoms with Crippen molar-refractivity contribution in [3.63, 3.8) is 0 Å². The number of hydrogen-bond acceptors (Lipinski definition) is 7. The van der Waals surface area contributed by atoms with Crippen molar-refractivity contribution in [3.05, 3.63) is 28.8 Å². The predicted octanol–water partition coefficient (Wildman–Crippen LogP) is 0.589. The summed E-state index contributed by atoms with van der Waals surface area (Å²) in [4.78, 5) is 45.9. The van der Waals surface area contributed by atoms with E-state index in [0.29, 0.717) is 48.3 Å². The Bertz CT molecular complexity index is 918. The van der Waals surface area contributed by atoms with Crippen LogP contribution < -0.4 is 11.1 Å². The number of hydrogen-bond donors (Lipinski definition) is 3. The minimum atomic E-state index is -1.25. The fourth-order valence-electron chi connectivity index (χ4n) is 3.73. The molecule has 1 unspecified atom stereocenters. The maximum atomic E-state index is 12.9. The first-order valence-corrected chi connectivity index (χ1v) is 10.5. The van der Waals surface area contributed by atoms with Crippen molar-refractivity contribution in [2.45, 2.75) is 25.8 Å². The van der Waals surface area contributed by atoms with Crippen LogP contribution in [0.25, 0.3) is 0 Å². The highest BCUT2D eigenvalue weighted by molar-refractivity contribution is 6.30. The summed E-state index contributed by atoms with van der Waals surface area (Å²) in [6.07, 6.45) is -1.19. The van der Waals surface area contributed by atoms with E-state index in [0.717, 1.165) is 0 Å². The third-order valence-electron chi connectivity index (χ3n) is 5.52. The molecule has 0 aliphatic carbocycles. The Kier molecular flexibility index (Phi) is 7.54. The number of amidine groups is 1. The van der Waals surface area contributed by atoms with Gasteiger partial charge < -0.3 is 30.7 Å². The highest BCUT2D eigenvalue weighted by Crippen LogP contribution is 2.34. The average Bonchev–Trinajstić information content (AvgIpc) is 2.76. The number of carbonyl (C=O) groups excluding carboxylic acids is 3. The molecule has 4 amide bonds. The number of benzene rings is 1. The quantitative estimate of drug-likeness (QED) is 0.524. The molecule has 1 saturated heterocycles. The number of aliphatic hydroxyl groups is 1. The maximum Gasteiger partial charge on any atom is 0.314 e. The average molecular weight is 467 g/mol. The molecule has 0 aromatic heterocycles. The molecule has 4 N–H and O–H groups in total. The molecule has 0 saturated carbocycles. The van der Waals surface area contributed by atoms with Crippen LogP contribution >= 0.6 is 11.6 Å². The number of aliphatic hydroxyl groups excluding tert-OH is 1. The summed E-state index contributed by atoms with van der Waals surface area (Å²) in [7, 11) is 1.34. The van der Waals surface area contributed by atoms with E-state index in [-0.39, 0.29) is 24.8 Å². The van der Waals surface area contributed by atoms with E-state index in [1.54, 1.807) is 30.0 Å². The van der Waals surface area contributed by atoms with Crippen LogP contribution in [0.3, 0.4) is 0 Å². The Morgan fingerprint density at radius 3 is 2.56 bits per heavy atom. The lowest BCUT2D eigenvalue weighted by Crippen LogP contribution is -2.54. The first-order chi connectivity index (χ1) is 15.2. The van der Waals surface area contributed by atoms with E-state index in [4.69, 9.17) is 22.1 Å². The molecule has 32 heavy (non-hydrogen) atoms. The topological polar surface area (TPSA) is 141 Å². The number of piperazine rings is 1. The molecular weight excluding hydrogens is 440 g/mol. The number of amides is 4. The molecule has 11 nitrogen and oxygen atoms in total. The van der Waals surface area contributed by atoms with E-state index < -0.39 is 18.5 Å². The van der Waals surface area contributed by atoms with Crippen LogP contribution in [0.15, 0.2) is 23.2 Å². The number of nitrogens with two attached hydrogens (primary N) is 1. The monoisotopic (exact) mass is 466 g/mol. The molecule has 2 aliphatic heterocycles. The first-order valence-electron chi connectivity index (χ1n) is 10.1. The number of rotatable bonds is 6. The van der Waals surface area contributed by atoms with Gasteiger partial charge in [-0.25, -0.2) is 4.79 Å². The summed E-state index contributed by atoms with van der Waals surface area (Å²) >= 11 is 6.08. The fourth-order valence-corrected chi connectivity index (χ4v) is 3.90. The second-order valence-electron chi connectivity index (χ2n) is 7.55. The SMILES string of the molecule is COC(O)Nc1cc(Cl)ccc1[C@@H]1CC(=O)N(CC(=O)N2CCN(C(N)=O)CC2)C(C)=N1. The minimum Gasteiger partial charge on any atom is -0.351 e. The van der Waals surface area contributed by atoms with Crippen molar-refractivity contribution in [2.75, 3.05) is 45.2 Å². The molecule has 2 aliphatic rings. The molecule has 1 aromatic rings. The molecule has 2 atom stereocenters. The summed E-state index contributed by atoms with van der Waals surface area (Å²) in [5.74, 6) is -0.0316. The van der Waals surface area contributed by atoms with Gasteiger partial charge in [0.05, 0.1) is 12.5 Å². The Labute approximate surface area is 190 Å². The van der Waals surface area contributed by atoms with Crippen molar-refractivity contribution in [3.8, 4) is 0 Å². The van der Waals surface area contributed by atoms with Gasteiger partial charge in [0, 0.05) is 49.6 Å². The molecule has 0 radical (unpaired) electrons. The molecule has 0 bridgehead atoms. The number of ether oxygens (including phenoxy) is 1. The molecular formula is C20H27ClN6O5. The van der Waals surface area contributed by atoms with Crippen LogP contribution in [-0.2, 0) is 14.3 Å². The van der Waals surface area contributed by atoms with Crippen LogP contribution in [-0.4, -0.2) is 89.7 Å². The van der Waals surface area contributed by atoms with E-state index in [9.17, 15) is 19.5 Å². The Balaban J connectivity index is 1.71. The van der Waals surface area contributed by atoms with Crippen LogP contribution in [0.4, 0.5) is 10.5 Å². The summed E-state index contributed by atoms with van der Waals surface area (Å²) in [6.45, 7) is 3.02. The van der Waals surface area contributed by atoms with Gasteiger partial charge in [-0.05, 0) is 19.1 Å². The van der Waals surface area contributed by atoms with E-state index in [1.165, 1.54) is 16.9 Å². The molecule has 174 valence electrons. The third kappa shape index (κ3) is 5.47. The van der Waals surface area contributed by atoms with Gasteiger partial charge in [-0.3, -0.25) is 19.5 Å². The lowest BCUT2D eigenvalue weighted by atomic mass is 9.99. The highest BCUT2D eigenvalue weighted by Gasteiger charge is 2.32. The summed E-state index contributed by atoms with van der Waals surface area (Å²) in [6, 6.07) is 4.03. The second-order valence-corrected chi connectivity index (χ2v) is 7.98. The lowest BCUT2D eigenvalue weighted by molar-refractivity contribution is -0.138.